The molecule has 1 fully saturated rings. The fourth-order valence-electron chi connectivity index (χ4n) is 2.91. The van der Waals surface area contributed by atoms with Gasteiger partial charge in [-0.3, -0.25) is 19.8 Å². The Morgan fingerprint density at radius 2 is 2.25 bits per heavy atom. The van der Waals surface area contributed by atoms with E-state index >= 15 is 0 Å². The molecule has 1 aliphatic rings. The first-order chi connectivity index (χ1) is 11.2. The predicted octanol–water partition coefficient (Wildman–Crippen LogP) is 1.60. The molecule has 8 heteroatoms. The second-order valence-electron chi connectivity index (χ2n) is 6.78. The number of carbonyl (C=O) groups excluding carboxylic acids is 1. The van der Waals surface area contributed by atoms with E-state index in [0.717, 1.165) is 13.0 Å². The minimum atomic E-state index is -0.541. The number of piperidine rings is 1. The number of nitro groups is 1. The maximum Gasteiger partial charge on any atom is 0.296 e. The fourth-order valence-corrected chi connectivity index (χ4v) is 2.91. The zero-order valence-electron chi connectivity index (χ0n) is 14.2. The number of nitrogens with zero attached hydrogens (tertiary/aromatic N) is 2. The van der Waals surface area contributed by atoms with Gasteiger partial charge in [0.05, 0.1) is 24.6 Å². The number of likely N-dealkylation sites (tertiary alicyclic amines) is 1. The van der Waals surface area contributed by atoms with E-state index in [-0.39, 0.29) is 35.3 Å². The Morgan fingerprint density at radius 3 is 2.83 bits per heavy atom. The van der Waals surface area contributed by atoms with E-state index in [1.807, 2.05) is 4.90 Å². The van der Waals surface area contributed by atoms with Crippen LogP contribution in [0, 0.1) is 15.5 Å². The van der Waals surface area contributed by atoms with Crippen LogP contribution in [-0.4, -0.2) is 48.5 Å². The van der Waals surface area contributed by atoms with Crippen molar-refractivity contribution in [2.45, 2.75) is 26.3 Å². The standard InChI is InChI=1S/C16H24N4O4/c1-16(2)10-19(7-6-14(16)17)9-15(21)18-12-5-4-11(24-3)8-13(12)20(22)23/h4-5,8,14H,6-7,9-10,17H2,1-3H3,(H,18,21). The molecule has 2 rings (SSSR count). The molecule has 0 bridgehead atoms. The van der Waals surface area contributed by atoms with E-state index in [9.17, 15) is 14.9 Å². The molecule has 1 aromatic rings. The zero-order chi connectivity index (χ0) is 17.9. The summed E-state index contributed by atoms with van der Waals surface area (Å²) in [6.07, 6.45) is 0.822. The summed E-state index contributed by atoms with van der Waals surface area (Å²) in [5.74, 6) is 0.0843. The molecule has 1 atom stereocenters. The van der Waals surface area contributed by atoms with Gasteiger partial charge in [0.2, 0.25) is 5.91 Å². The summed E-state index contributed by atoms with van der Waals surface area (Å²) in [5, 5.41) is 13.8. The number of amides is 1. The summed E-state index contributed by atoms with van der Waals surface area (Å²) in [4.78, 5) is 24.9. The molecule has 0 aliphatic carbocycles. The van der Waals surface area contributed by atoms with Gasteiger partial charge in [-0.1, -0.05) is 13.8 Å². The van der Waals surface area contributed by atoms with Crippen LogP contribution in [0.2, 0.25) is 0 Å². The monoisotopic (exact) mass is 336 g/mol. The van der Waals surface area contributed by atoms with Gasteiger partial charge in [-0.15, -0.1) is 0 Å². The number of rotatable bonds is 5. The van der Waals surface area contributed by atoms with E-state index in [1.54, 1.807) is 6.07 Å². The molecule has 1 amide bonds. The Labute approximate surface area is 141 Å². The lowest BCUT2D eigenvalue weighted by Crippen LogP contribution is -2.53. The summed E-state index contributed by atoms with van der Waals surface area (Å²) in [6.45, 7) is 5.79. The number of nitro benzene ring substituents is 1. The average Bonchev–Trinajstić information content (AvgIpc) is 2.50. The smallest absolute Gasteiger partial charge is 0.296 e. The number of benzene rings is 1. The summed E-state index contributed by atoms with van der Waals surface area (Å²) < 4.78 is 4.98. The van der Waals surface area contributed by atoms with Gasteiger partial charge in [0.1, 0.15) is 11.4 Å². The highest BCUT2D eigenvalue weighted by Gasteiger charge is 2.34. The van der Waals surface area contributed by atoms with Gasteiger partial charge < -0.3 is 15.8 Å². The van der Waals surface area contributed by atoms with Gasteiger partial charge in [-0.05, 0) is 24.0 Å². The molecular weight excluding hydrogens is 312 g/mol. The Balaban J connectivity index is 2.04. The van der Waals surface area contributed by atoms with Crippen LogP contribution in [-0.2, 0) is 4.79 Å². The van der Waals surface area contributed by atoms with Crippen molar-refractivity contribution in [3.63, 3.8) is 0 Å². The van der Waals surface area contributed by atoms with Crippen LogP contribution < -0.4 is 15.8 Å². The van der Waals surface area contributed by atoms with Gasteiger partial charge in [0.25, 0.3) is 5.69 Å². The molecule has 132 valence electrons. The highest BCUT2D eigenvalue weighted by atomic mass is 16.6. The van der Waals surface area contributed by atoms with E-state index in [1.165, 1.54) is 19.2 Å². The molecular formula is C16H24N4O4. The number of carbonyl (C=O) groups is 1. The van der Waals surface area contributed by atoms with Gasteiger partial charge in [0.15, 0.2) is 0 Å². The van der Waals surface area contributed by atoms with Crippen molar-refractivity contribution >= 4 is 17.3 Å². The third-order valence-corrected chi connectivity index (χ3v) is 4.43. The molecule has 1 unspecified atom stereocenters. The van der Waals surface area contributed by atoms with Crippen molar-refractivity contribution in [1.82, 2.24) is 4.90 Å². The van der Waals surface area contributed by atoms with Crippen molar-refractivity contribution < 1.29 is 14.5 Å². The van der Waals surface area contributed by atoms with Gasteiger partial charge in [0, 0.05) is 19.1 Å². The molecule has 1 heterocycles. The molecule has 1 saturated heterocycles. The molecule has 1 aliphatic heterocycles. The Hall–Kier alpha value is -2.19. The number of methoxy groups -OCH3 is 1. The van der Waals surface area contributed by atoms with Crippen LogP contribution in [0.1, 0.15) is 20.3 Å². The van der Waals surface area contributed by atoms with Crippen LogP contribution in [0.25, 0.3) is 0 Å². The largest absolute Gasteiger partial charge is 0.496 e. The second-order valence-corrected chi connectivity index (χ2v) is 6.78. The first-order valence-electron chi connectivity index (χ1n) is 7.83. The topological polar surface area (TPSA) is 111 Å². The first kappa shape index (κ1) is 18.2. The van der Waals surface area contributed by atoms with Crippen molar-refractivity contribution in [2.24, 2.45) is 11.1 Å². The Bertz CT molecular complexity index is 633. The molecule has 1 aromatic carbocycles. The summed E-state index contributed by atoms with van der Waals surface area (Å²) >= 11 is 0. The number of hydrogen-bond acceptors (Lipinski definition) is 6. The molecule has 0 saturated carbocycles. The third kappa shape index (κ3) is 4.21. The highest BCUT2D eigenvalue weighted by molar-refractivity contribution is 5.94. The maximum atomic E-state index is 12.3. The van der Waals surface area contributed by atoms with Gasteiger partial charge in [-0.2, -0.15) is 0 Å². The molecule has 0 aromatic heterocycles. The highest BCUT2D eigenvalue weighted by Crippen LogP contribution is 2.30. The van der Waals surface area contributed by atoms with Gasteiger partial charge in [-0.25, -0.2) is 0 Å². The van der Waals surface area contributed by atoms with E-state index < -0.39 is 4.92 Å². The van der Waals surface area contributed by atoms with Crippen molar-refractivity contribution in [3.8, 4) is 5.75 Å². The minimum absolute atomic E-state index is 0.0648. The maximum absolute atomic E-state index is 12.3. The van der Waals surface area contributed by atoms with E-state index in [2.05, 4.69) is 19.2 Å². The van der Waals surface area contributed by atoms with Crippen LogP contribution in [0.3, 0.4) is 0 Å². The number of anilines is 1. The normalized spacial score (nSPS) is 20.4. The Morgan fingerprint density at radius 1 is 1.54 bits per heavy atom. The van der Waals surface area contributed by atoms with Crippen LogP contribution >= 0.6 is 0 Å². The second kappa shape index (κ2) is 7.14. The first-order valence-corrected chi connectivity index (χ1v) is 7.83. The van der Waals surface area contributed by atoms with Crippen LogP contribution in [0.5, 0.6) is 5.75 Å². The van der Waals surface area contributed by atoms with E-state index in [4.69, 9.17) is 10.5 Å². The van der Waals surface area contributed by atoms with Crippen molar-refractivity contribution in [2.75, 3.05) is 32.1 Å². The summed E-state index contributed by atoms with van der Waals surface area (Å²) in [6, 6.07) is 4.45. The minimum Gasteiger partial charge on any atom is -0.496 e. The van der Waals surface area contributed by atoms with Gasteiger partial charge >= 0.3 is 0 Å². The van der Waals surface area contributed by atoms with Crippen molar-refractivity contribution in [1.29, 1.82) is 0 Å². The van der Waals surface area contributed by atoms with E-state index in [0.29, 0.717) is 12.3 Å². The number of nitrogens with one attached hydrogen (secondary N) is 1. The lowest BCUT2D eigenvalue weighted by atomic mass is 9.80. The molecule has 0 spiro atoms. The molecule has 8 nitrogen and oxygen atoms in total. The molecule has 24 heavy (non-hydrogen) atoms. The zero-order valence-corrected chi connectivity index (χ0v) is 14.2. The Kier molecular flexibility index (Phi) is 5.40. The predicted molar refractivity (Wildman–Crippen MR) is 91.1 cm³/mol. The summed E-state index contributed by atoms with van der Waals surface area (Å²) in [5.41, 5.74) is 6.01. The lowest BCUT2D eigenvalue weighted by Gasteiger charge is -2.42. The molecule has 3 N–H and O–H groups in total. The fraction of sp³-hybridized carbons (Fsp3) is 0.562. The SMILES string of the molecule is COc1ccc(NC(=O)CN2CCC(N)C(C)(C)C2)c([N+](=O)[O-])c1. The molecule has 0 radical (unpaired) electrons. The third-order valence-electron chi connectivity index (χ3n) is 4.43. The number of nitrogens with two attached hydrogens (primary N) is 1. The lowest BCUT2D eigenvalue weighted by molar-refractivity contribution is -0.384. The van der Waals surface area contributed by atoms with Crippen molar-refractivity contribution in [3.05, 3.63) is 28.3 Å². The summed E-state index contributed by atoms with van der Waals surface area (Å²) in [7, 11) is 1.43. The van der Waals surface area contributed by atoms with Crippen LogP contribution in [0.15, 0.2) is 18.2 Å². The number of hydrogen-bond donors (Lipinski definition) is 2. The average molecular weight is 336 g/mol. The quantitative estimate of drug-likeness (QED) is 0.624. The van der Waals surface area contributed by atoms with Crippen LogP contribution in [0.4, 0.5) is 11.4 Å². The number of ether oxygens (including phenoxy) is 1.